The highest BCUT2D eigenvalue weighted by Crippen LogP contribution is 2.26. The van der Waals surface area contributed by atoms with Crippen molar-refractivity contribution in [3.8, 4) is 5.69 Å². The fourth-order valence-electron chi connectivity index (χ4n) is 3.66. The van der Waals surface area contributed by atoms with Crippen molar-refractivity contribution in [2.24, 2.45) is 0 Å². The number of anilines is 1. The summed E-state index contributed by atoms with van der Waals surface area (Å²) in [6.07, 6.45) is 4.49. The van der Waals surface area contributed by atoms with Crippen LogP contribution in [-0.2, 0) is 9.59 Å². The third-order valence-corrected chi connectivity index (χ3v) is 5.15. The summed E-state index contributed by atoms with van der Waals surface area (Å²) in [6, 6.07) is 12.2. The van der Waals surface area contributed by atoms with Crippen LogP contribution < -0.4 is 10.2 Å². The molecule has 30 heavy (non-hydrogen) atoms. The average molecular weight is 400 g/mol. The minimum Gasteiger partial charge on any atom is -0.318 e. The van der Waals surface area contributed by atoms with E-state index in [-0.39, 0.29) is 5.57 Å². The van der Waals surface area contributed by atoms with Crippen LogP contribution in [-0.4, -0.2) is 27.4 Å². The first kappa shape index (κ1) is 19.3. The lowest BCUT2D eigenvalue weighted by Gasteiger charge is -2.26. The summed E-state index contributed by atoms with van der Waals surface area (Å²) in [4.78, 5) is 42.6. The highest BCUT2D eigenvalue weighted by molar-refractivity contribution is 6.39. The Hall–Kier alpha value is -4.00. The second-order valence-electron chi connectivity index (χ2n) is 7.11. The van der Waals surface area contributed by atoms with E-state index in [4.69, 9.17) is 0 Å². The van der Waals surface area contributed by atoms with Gasteiger partial charge in [0.05, 0.1) is 5.69 Å². The number of amides is 4. The SMILES string of the molecule is Cc1ccccc1-n1c(C)cc(/C=C2\C(=O)NC(=O)N(c3ccncc3)C2=O)c1C. The molecule has 7 nitrogen and oxygen atoms in total. The quantitative estimate of drug-likeness (QED) is 0.539. The van der Waals surface area contributed by atoms with E-state index < -0.39 is 17.8 Å². The van der Waals surface area contributed by atoms with Crippen molar-refractivity contribution in [3.05, 3.63) is 82.9 Å². The van der Waals surface area contributed by atoms with E-state index in [9.17, 15) is 14.4 Å². The second kappa shape index (κ2) is 7.44. The molecule has 0 bridgehead atoms. The number of rotatable bonds is 3. The van der Waals surface area contributed by atoms with Crippen molar-refractivity contribution in [2.75, 3.05) is 4.90 Å². The predicted molar refractivity (Wildman–Crippen MR) is 113 cm³/mol. The first-order valence-corrected chi connectivity index (χ1v) is 9.45. The van der Waals surface area contributed by atoms with Gasteiger partial charge in [0.2, 0.25) is 0 Å². The number of para-hydroxylation sites is 1. The summed E-state index contributed by atoms with van der Waals surface area (Å²) >= 11 is 0. The molecule has 1 fully saturated rings. The van der Waals surface area contributed by atoms with Gasteiger partial charge >= 0.3 is 6.03 Å². The zero-order valence-electron chi connectivity index (χ0n) is 16.8. The first-order chi connectivity index (χ1) is 14.4. The number of carbonyl (C=O) groups is 3. The van der Waals surface area contributed by atoms with Crippen LogP contribution >= 0.6 is 0 Å². The molecule has 150 valence electrons. The third-order valence-electron chi connectivity index (χ3n) is 5.15. The molecule has 1 saturated heterocycles. The van der Waals surface area contributed by atoms with Gasteiger partial charge < -0.3 is 4.57 Å². The van der Waals surface area contributed by atoms with E-state index in [1.807, 2.05) is 51.1 Å². The second-order valence-corrected chi connectivity index (χ2v) is 7.11. The molecule has 1 aliphatic heterocycles. The van der Waals surface area contributed by atoms with Gasteiger partial charge in [-0.2, -0.15) is 0 Å². The van der Waals surface area contributed by atoms with Crippen LogP contribution in [0.3, 0.4) is 0 Å². The summed E-state index contributed by atoms with van der Waals surface area (Å²) in [5.41, 5.74) is 4.98. The van der Waals surface area contributed by atoms with E-state index in [0.29, 0.717) is 5.69 Å². The third kappa shape index (κ3) is 3.20. The number of pyridine rings is 1. The summed E-state index contributed by atoms with van der Waals surface area (Å²) in [6.45, 7) is 5.93. The summed E-state index contributed by atoms with van der Waals surface area (Å²) in [5.74, 6) is -1.38. The molecule has 3 aromatic rings. The molecule has 1 N–H and O–H groups in total. The predicted octanol–water partition coefficient (Wildman–Crippen LogP) is 3.46. The maximum absolute atomic E-state index is 13.0. The molecule has 4 amide bonds. The van der Waals surface area contributed by atoms with Crippen molar-refractivity contribution in [3.63, 3.8) is 0 Å². The highest BCUT2D eigenvalue weighted by Gasteiger charge is 2.37. The van der Waals surface area contributed by atoms with Crippen LogP contribution in [0, 0.1) is 20.8 Å². The van der Waals surface area contributed by atoms with Gasteiger partial charge in [0.25, 0.3) is 11.8 Å². The van der Waals surface area contributed by atoms with Gasteiger partial charge in [0.15, 0.2) is 0 Å². The largest absolute Gasteiger partial charge is 0.335 e. The topological polar surface area (TPSA) is 84.3 Å². The Bertz CT molecular complexity index is 1210. The van der Waals surface area contributed by atoms with Crippen molar-refractivity contribution in [1.82, 2.24) is 14.9 Å². The number of nitrogens with zero attached hydrogens (tertiary/aromatic N) is 3. The van der Waals surface area contributed by atoms with E-state index in [0.717, 1.165) is 33.1 Å². The zero-order valence-corrected chi connectivity index (χ0v) is 16.8. The normalized spacial score (nSPS) is 15.6. The monoisotopic (exact) mass is 400 g/mol. The molecule has 1 aliphatic rings. The average Bonchev–Trinajstić information content (AvgIpc) is 2.99. The Morgan fingerprint density at radius 3 is 2.37 bits per heavy atom. The van der Waals surface area contributed by atoms with Gasteiger partial charge in [0, 0.05) is 29.5 Å². The summed E-state index contributed by atoms with van der Waals surface area (Å²) in [7, 11) is 0. The fraction of sp³-hybridized carbons (Fsp3) is 0.130. The van der Waals surface area contributed by atoms with E-state index in [1.54, 1.807) is 0 Å². The molecule has 0 atom stereocenters. The van der Waals surface area contributed by atoms with Crippen molar-refractivity contribution in [1.29, 1.82) is 0 Å². The lowest BCUT2D eigenvalue weighted by atomic mass is 10.1. The molecule has 3 heterocycles. The molecule has 2 aromatic heterocycles. The smallest absolute Gasteiger partial charge is 0.318 e. The number of urea groups is 1. The number of barbiturate groups is 1. The van der Waals surface area contributed by atoms with Gasteiger partial charge in [-0.25, -0.2) is 9.69 Å². The summed E-state index contributed by atoms with van der Waals surface area (Å²) < 4.78 is 2.08. The molecule has 0 saturated carbocycles. The van der Waals surface area contributed by atoms with Gasteiger partial charge in [-0.3, -0.25) is 19.9 Å². The van der Waals surface area contributed by atoms with E-state index in [1.165, 1.54) is 30.6 Å². The Kier molecular flexibility index (Phi) is 4.79. The maximum Gasteiger partial charge on any atom is 0.335 e. The van der Waals surface area contributed by atoms with Gasteiger partial charge in [-0.05, 0) is 62.2 Å². The molecular weight excluding hydrogens is 380 g/mol. The number of nitrogens with one attached hydrogen (secondary N) is 1. The number of aromatic nitrogens is 2. The van der Waals surface area contributed by atoms with Crippen LogP contribution in [0.5, 0.6) is 0 Å². The highest BCUT2D eigenvalue weighted by atomic mass is 16.2. The minimum absolute atomic E-state index is 0.101. The Morgan fingerprint density at radius 2 is 1.67 bits per heavy atom. The first-order valence-electron chi connectivity index (χ1n) is 9.45. The van der Waals surface area contributed by atoms with Crippen LogP contribution in [0.1, 0.15) is 22.5 Å². The lowest BCUT2D eigenvalue weighted by molar-refractivity contribution is -0.122. The number of imide groups is 2. The number of benzene rings is 1. The standard InChI is InChI=1S/C23H20N4O3/c1-14-6-4-5-7-20(14)26-15(2)12-17(16(26)3)13-19-21(28)25-23(30)27(22(19)29)18-8-10-24-11-9-18/h4-13H,1-3H3,(H,25,28,30)/b19-13+. The van der Waals surface area contributed by atoms with Gasteiger partial charge in [-0.1, -0.05) is 18.2 Å². The molecular formula is C23H20N4O3. The maximum atomic E-state index is 13.0. The minimum atomic E-state index is -0.779. The molecule has 0 unspecified atom stereocenters. The van der Waals surface area contributed by atoms with Crippen LogP contribution in [0.15, 0.2) is 60.4 Å². The van der Waals surface area contributed by atoms with E-state index >= 15 is 0 Å². The molecule has 0 spiro atoms. The molecule has 4 rings (SSSR count). The molecule has 0 aliphatic carbocycles. The van der Waals surface area contributed by atoms with Crippen molar-refractivity contribution in [2.45, 2.75) is 20.8 Å². The number of carbonyl (C=O) groups excluding carboxylic acids is 3. The molecule has 7 heteroatoms. The van der Waals surface area contributed by atoms with Crippen LogP contribution in [0.4, 0.5) is 10.5 Å². The Labute approximate surface area is 173 Å². The number of hydrogen-bond acceptors (Lipinski definition) is 4. The Morgan fingerprint density at radius 1 is 0.967 bits per heavy atom. The van der Waals surface area contributed by atoms with Crippen molar-refractivity contribution < 1.29 is 14.4 Å². The zero-order chi connectivity index (χ0) is 21.4. The van der Waals surface area contributed by atoms with Crippen LogP contribution in [0.2, 0.25) is 0 Å². The van der Waals surface area contributed by atoms with Gasteiger partial charge in [-0.15, -0.1) is 0 Å². The molecule has 1 aromatic carbocycles. The van der Waals surface area contributed by atoms with E-state index in [2.05, 4.69) is 14.9 Å². The fourth-order valence-corrected chi connectivity index (χ4v) is 3.66. The lowest BCUT2D eigenvalue weighted by Crippen LogP contribution is -2.54. The molecule has 0 radical (unpaired) electrons. The number of aryl methyl sites for hydroxylation is 2. The summed E-state index contributed by atoms with van der Waals surface area (Å²) in [5, 5.41) is 2.24. The van der Waals surface area contributed by atoms with Crippen LogP contribution in [0.25, 0.3) is 11.8 Å². The Balaban J connectivity index is 1.79. The van der Waals surface area contributed by atoms with Crippen molar-refractivity contribution >= 4 is 29.6 Å². The number of hydrogen-bond donors (Lipinski definition) is 1. The van der Waals surface area contributed by atoms with Gasteiger partial charge in [0.1, 0.15) is 5.57 Å².